The molecular formula is C13H13ClN4O3S. The van der Waals surface area contributed by atoms with Gasteiger partial charge in [0.05, 0.1) is 12.2 Å². The minimum Gasteiger partial charge on any atom is -0.314 e. The van der Waals surface area contributed by atoms with E-state index < -0.39 is 5.09 Å². The minimum absolute atomic E-state index is 0.00619. The molecule has 0 fully saturated rings. The summed E-state index contributed by atoms with van der Waals surface area (Å²) in [6.07, 6.45) is 0.421. The van der Waals surface area contributed by atoms with Crippen LogP contribution in [0.15, 0.2) is 34.5 Å². The van der Waals surface area contributed by atoms with Crippen LogP contribution >= 0.6 is 22.9 Å². The van der Waals surface area contributed by atoms with E-state index in [0.29, 0.717) is 23.1 Å². The van der Waals surface area contributed by atoms with Gasteiger partial charge in [0.25, 0.3) is 5.09 Å². The molecule has 0 aliphatic heterocycles. The van der Waals surface area contributed by atoms with Crippen molar-refractivity contribution < 1.29 is 9.92 Å². The Morgan fingerprint density at radius 1 is 1.45 bits per heavy atom. The van der Waals surface area contributed by atoms with Gasteiger partial charge >= 0.3 is 0 Å². The molecule has 0 unspecified atom stereocenters. The molecule has 0 saturated carbocycles. The molecule has 0 N–H and O–H groups in total. The Morgan fingerprint density at radius 3 is 2.95 bits per heavy atom. The smallest absolute Gasteiger partial charge is 0.294 e. The molecule has 0 atom stereocenters. The summed E-state index contributed by atoms with van der Waals surface area (Å²) in [4.78, 5) is 19.6. The summed E-state index contributed by atoms with van der Waals surface area (Å²) in [5, 5.41) is 18.6. The average Bonchev–Trinajstić information content (AvgIpc) is 2.81. The van der Waals surface area contributed by atoms with Gasteiger partial charge in [-0.3, -0.25) is 0 Å². The Bertz CT molecular complexity index is 690. The number of halogens is 1. The molecule has 0 spiro atoms. The van der Waals surface area contributed by atoms with Crippen molar-refractivity contribution in [3.8, 4) is 0 Å². The van der Waals surface area contributed by atoms with Gasteiger partial charge in [-0.25, -0.2) is 4.98 Å². The molecule has 0 amide bonds. The summed E-state index contributed by atoms with van der Waals surface area (Å²) >= 11 is 7.38. The lowest BCUT2D eigenvalue weighted by molar-refractivity contribution is -0.757. The average molecular weight is 341 g/mol. The van der Waals surface area contributed by atoms with Crippen LogP contribution in [0.5, 0.6) is 0 Å². The Balaban J connectivity index is 1.94. The minimum atomic E-state index is -0.805. The van der Waals surface area contributed by atoms with Gasteiger partial charge in [0.15, 0.2) is 0 Å². The molecule has 0 aliphatic rings. The number of aromatic nitrogens is 1. The molecule has 1 heterocycles. The molecule has 2 aromatic rings. The maximum absolute atomic E-state index is 10.1. The number of thiazole rings is 1. The standard InChI is InChI=1S/C13H13ClN4O3S/c1-9-12(6-7-21-18(19)20)22-13(16-9)17-15-8-10-4-2-3-5-11(10)14/h2-5H,6-8H2,1H3. The van der Waals surface area contributed by atoms with Crippen LogP contribution in [-0.4, -0.2) is 16.7 Å². The summed E-state index contributed by atoms with van der Waals surface area (Å²) in [7, 11) is 0. The van der Waals surface area contributed by atoms with Gasteiger partial charge in [-0.05, 0) is 18.6 Å². The van der Waals surface area contributed by atoms with E-state index in [-0.39, 0.29) is 6.61 Å². The van der Waals surface area contributed by atoms with E-state index >= 15 is 0 Å². The van der Waals surface area contributed by atoms with Crippen LogP contribution in [0.1, 0.15) is 16.1 Å². The largest absolute Gasteiger partial charge is 0.314 e. The Morgan fingerprint density at radius 2 is 2.23 bits per heavy atom. The van der Waals surface area contributed by atoms with Crippen LogP contribution < -0.4 is 0 Å². The van der Waals surface area contributed by atoms with Crippen LogP contribution in [0.25, 0.3) is 0 Å². The van der Waals surface area contributed by atoms with Crippen LogP contribution in [-0.2, 0) is 17.8 Å². The van der Waals surface area contributed by atoms with E-state index in [0.717, 1.165) is 16.1 Å². The Kier molecular flexibility index (Phi) is 5.79. The maximum atomic E-state index is 10.1. The van der Waals surface area contributed by atoms with Crippen molar-refractivity contribution in [2.24, 2.45) is 10.2 Å². The van der Waals surface area contributed by atoms with Crippen molar-refractivity contribution in [2.45, 2.75) is 19.9 Å². The highest BCUT2D eigenvalue weighted by Crippen LogP contribution is 2.26. The van der Waals surface area contributed by atoms with Gasteiger partial charge < -0.3 is 4.84 Å². The number of hydrogen-bond donors (Lipinski definition) is 0. The molecule has 7 nitrogen and oxygen atoms in total. The molecule has 22 heavy (non-hydrogen) atoms. The molecule has 9 heteroatoms. The topological polar surface area (TPSA) is 90.0 Å². The van der Waals surface area contributed by atoms with E-state index in [4.69, 9.17) is 11.6 Å². The number of hydrogen-bond acceptors (Lipinski definition) is 7. The number of nitrogens with zero attached hydrogens (tertiary/aromatic N) is 4. The molecule has 0 saturated heterocycles. The molecule has 0 radical (unpaired) electrons. The van der Waals surface area contributed by atoms with Crippen LogP contribution in [0.2, 0.25) is 5.02 Å². The molecule has 116 valence electrons. The third-order valence-electron chi connectivity index (χ3n) is 2.76. The van der Waals surface area contributed by atoms with Gasteiger partial charge in [0.2, 0.25) is 5.13 Å². The van der Waals surface area contributed by atoms with Crippen molar-refractivity contribution in [3.05, 3.63) is 55.5 Å². The quantitative estimate of drug-likeness (QED) is 0.430. The zero-order valence-corrected chi connectivity index (χ0v) is 13.3. The third kappa shape index (κ3) is 4.74. The number of benzene rings is 1. The van der Waals surface area contributed by atoms with Crippen molar-refractivity contribution in [3.63, 3.8) is 0 Å². The summed E-state index contributed by atoms with van der Waals surface area (Å²) < 4.78 is 0. The van der Waals surface area contributed by atoms with E-state index in [9.17, 15) is 10.1 Å². The number of azo groups is 1. The monoisotopic (exact) mass is 340 g/mol. The first-order valence-electron chi connectivity index (χ1n) is 6.41. The van der Waals surface area contributed by atoms with Gasteiger partial charge in [-0.1, -0.05) is 41.1 Å². The highest BCUT2D eigenvalue weighted by molar-refractivity contribution is 7.15. The van der Waals surface area contributed by atoms with Crippen molar-refractivity contribution >= 4 is 28.1 Å². The fourth-order valence-electron chi connectivity index (χ4n) is 1.70. The molecule has 2 rings (SSSR count). The predicted octanol–water partition coefficient (Wildman–Crippen LogP) is 4.14. The van der Waals surface area contributed by atoms with Gasteiger partial charge in [0.1, 0.15) is 6.61 Å². The lowest BCUT2D eigenvalue weighted by Crippen LogP contribution is -2.04. The lowest BCUT2D eigenvalue weighted by Gasteiger charge is -1.97. The van der Waals surface area contributed by atoms with E-state index in [1.54, 1.807) is 6.07 Å². The van der Waals surface area contributed by atoms with Crippen LogP contribution in [0, 0.1) is 17.0 Å². The van der Waals surface area contributed by atoms with Crippen LogP contribution in [0.4, 0.5) is 5.13 Å². The van der Waals surface area contributed by atoms with E-state index in [1.807, 2.05) is 25.1 Å². The molecule has 1 aromatic carbocycles. The lowest BCUT2D eigenvalue weighted by atomic mass is 10.2. The highest BCUT2D eigenvalue weighted by atomic mass is 35.5. The van der Waals surface area contributed by atoms with E-state index in [1.165, 1.54) is 11.3 Å². The third-order valence-corrected chi connectivity index (χ3v) is 4.23. The number of aryl methyl sites for hydroxylation is 1. The van der Waals surface area contributed by atoms with E-state index in [2.05, 4.69) is 20.1 Å². The summed E-state index contributed by atoms with van der Waals surface area (Å²) in [6.45, 7) is 2.20. The first kappa shape index (κ1) is 16.3. The zero-order valence-electron chi connectivity index (χ0n) is 11.7. The fraction of sp³-hybridized carbons (Fsp3) is 0.308. The van der Waals surface area contributed by atoms with Gasteiger partial charge in [-0.15, -0.1) is 15.2 Å². The summed E-state index contributed by atoms with van der Waals surface area (Å²) in [5.74, 6) is 0. The Labute approximate surface area is 135 Å². The predicted molar refractivity (Wildman–Crippen MR) is 83.2 cm³/mol. The second kappa shape index (κ2) is 7.81. The highest BCUT2D eigenvalue weighted by Gasteiger charge is 2.08. The maximum Gasteiger partial charge on any atom is 0.294 e. The van der Waals surface area contributed by atoms with Gasteiger partial charge in [-0.2, -0.15) is 5.11 Å². The second-order valence-electron chi connectivity index (χ2n) is 4.30. The van der Waals surface area contributed by atoms with Crippen molar-refractivity contribution in [1.29, 1.82) is 0 Å². The first-order valence-corrected chi connectivity index (χ1v) is 7.60. The zero-order chi connectivity index (χ0) is 15.9. The first-order chi connectivity index (χ1) is 10.6. The van der Waals surface area contributed by atoms with Crippen molar-refractivity contribution in [1.82, 2.24) is 4.98 Å². The summed E-state index contributed by atoms with van der Waals surface area (Å²) in [6, 6.07) is 7.42. The second-order valence-corrected chi connectivity index (χ2v) is 5.77. The molecule has 1 aromatic heterocycles. The fourth-order valence-corrected chi connectivity index (χ4v) is 2.77. The Hall–Kier alpha value is -2.06. The molecule has 0 aliphatic carbocycles. The van der Waals surface area contributed by atoms with Crippen LogP contribution in [0.3, 0.4) is 0 Å². The number of rotatable bonds is 7. The molecule has 0 bridgehead atoms. The van der Waals surface area contributed by atoms with Gasteiger partial charge in [0, 0.05) is 16.3 Å². The SMILES string of the molecule is Cc1nc(N=NCc2ccccc2Cl)sc1CCO[N+](=O)[O-]. The molecular weight excluding hydrogens is 328 g/mol. The van der Waals surface area contributed by atoms with Crippen molar-refractivity contribution in [2.75, 3.05) is 6.61 Å². The normalized spacial score (nSPS) is 11.0. The summed E-state index contributed by atoms with van der Waals surface area (Å²) in [5.41, 5.74) is 1.67.